The molecule has 3 rings (SSSR count). The van der Waals surface area contributed by atoms with E-state index in [9.17, 15) is 4.79 Å². The van der Waals surface area contributed by atoms with Crippen LogP contribution in [0.1, 0.15) is 51.0 Å². The summed E-state index contributed by atoms with van der Waals surface area (Å²) >= 11 is 0. The zero-order valence-electron chi connectivity index (χ0n) is 16.5. The number of nitrogens with zero attached hydrogens (tertiary/aromatic N) is 3. The fraction of sp³-hybridized carbons (Fsp3) is 0.429. The van der Waals surface area contributed by atoms with Crippen molar-refractivity contribution in [3.05, 3.63) is 48.7 Å². The molecular weight excluding hydrogens is 352 g/mol. The first-order valence-corrected chi connectivity index (χ1v) is 9.81. The minimum absolute atomic E-state index is 0.0306. The van der Waals surface area contributed by atoms with Gasteiger partial charge in [-0.25, -0.2) is 0 Å². The minimum atomic E-state index is -0.155. The number of anilines is 3. The van der Waals surface area contributed by atoms with Gasteiger partial charge in [0.05, 0.1) is 6.20 Å². The van der Waals surface area contributed by atoms with E-state index in [1.807, 2.05) is 12.1 Å². The van der Waals surface area contributed by atoms with Gasteiger partial charge in [-0.15, -0.1) is 5.10 Å². The van der Waals surface area contributed by atoms with Gasteiger partial charge in [-0.05, 0) is 42.5 Å². The number of hydrogen-bond acceptors (Lipinski definition) is 6. The number of carbonyl (C=O) groups excluding carboxylic acids is 1. The van der Waals surface area contributed by atoms with Crippen molar-refractivity contribution in [3.8, 4) is 0 Å². The molecule has 0 unspecified atom stereocenters. The van der Waals surface area contributed by atoms with Crippen molar-refractivity contribution in [2.45, 2.75) is 57.5 Å². The normalized spacial score (nSPS) is 19.1. The predicted octanol–water partition coefficient (Wildman–Crippen LogP) is 3.76. The van der Waals surface area contributed by atoms with Crippen LogP contribution >= 0.6 is 0 Å². The Balaban J connectivity index is 1.66. The van der Waals surface area contributed by atoms with Crippen LogP contribution in [0, 0.1) is 0 Å². The highest BCUT2D eigenvalue weighted by Crippen LogP contribution is 2.23. The van der Waals surface area contributed by atoms with Gasteiger partial charge in [0, 0.05) is 17.8 Å². The Morgan fingerprint density at radius 1 is 1.18 bits per heavy atom. The monoisotopic (exact) mass is 380 g/mol. The SMILES string of the molecule is C=CC(=O)N[C@@H]1CCCC[C@H]1Nc1nncc(Nc2ccc(C(C)C)cc2)n1. The highest BCUT2D eigenvalue weighted by atomic mass is 16.1. The van der Waals surface area contributed by atoms with Crippen LogP contribution in [0.25, 0.3) is 0 Å². The third-order valence-electron chi connectivity index (χ3n) is 5.00. The van der Waals surface area contributed by atoms with Crippen LogP contribution in [-0.4, -0.2) is 33.2 Å². The Bertz CT molecular complexity index is 805. The molecule has 148 valence electrons. The standard InChI is InChI=1S/C21H28N6O/c1-4-20(28)24-17-7-5-6-8-18(17)25-21-26-19(13-22-27-21)23-16-11-9-15(10-12-16)14(2)3/h4,9-14,17-18H,1,5-8H2,2-3H3,(H,24,28)(H2,23,25,26,27)/t17-,18-/m1/s1. The van der Waals surface area contributed by atoms with E-state index in [1.165, 1.54) is 11.6 Å². The number of benzene rings is 1. The molecule has 1 aliphatic rings. The Hall–Kier alpha value is -2.96. The summed E-state index contributed by atoms with van der Waals surface area (Å²) in [6, 6.07) is 8.38. The molecule has 0 bridgehead atoms. The molecule has 0 saturated heterocycles. The topological polar surface area (TPSA) is 91.8 Å². The summed E-state index contributed by atoms with van der Waals surface area (Å²) in [6.07, 6.45) is 6.96. The molecule has 1 aromatic carbocycles. The van der Waals surface area contributed by atoms with Gasteiger partial charge in [-0.1, -0.05) is 45.4 Å². The quantitative estimate of drug-likeness (QED) is 0.634. The lowest BCUT2D eigenvalue weighted by Gasteiger charge is -2.32. The molecule has 0 radical (unpaired) electrons. The van der Waals surface area contributed by atoms with Crippen LogP contribution < -0.4 is 16.0 Å². The first-order valence-electron chi connectivity index (χ1n) is 9.81. The van der Waals surface area contributed by atoms with Crippen molar-refractivity contribution in [3.63, 3.8) is 0 Å². The van der Waals surface area contributed by atoms with Gasteiger partial charge < -0.3 is 16.0 Å². The summed E-state index contributed by atoms with van der Waals surface area (Å²) in [5.74, 6) is 1.42. The van der Waals surface area contributed by atoms with Gasteiger partial charge in [0.25, 0.3) is 0 Å². The number of carbonyl (C=O) groups is 1. The fourth-order valence-corrected chi connectivity index (χ4v) is 3.41. The molecule has 7 heteroatoms. The van der Waals surface area contributed by atoms with Crippen LogP contribution in [0.5, 0.6) is 0 Å². The molecule has 3 N–H and O–H groups in total. The van der Waals surface area contributed by atoms with Crippen molar-refractivity contribution < 1.29 is 4.79 Å². The smallest absolute Gasteiger partial charge is 0.244 e. The number of rotatable bonds is 7. The first kappa shape index (κ1) is 19.8. The molecule has 0 spiro atoms. The molecule has 1 fully saturated rings. The maximum atomic E-state index is 11.7. The van der Waals surface area contributed by atoms with E-state index in [4.69, 9.17) is 0 Å². The highest BCUT2D eigenvalue weighted by molar-refractivity contribution is 5.87. The van der Waals surface area contributed by atoms with Crippen LogP contribution in [-0.2, 0) is 4.79 Å². The van der Waals surface area contributed by atoms with Gasteiger partial charge in [-0.3, -0.25) is 4.79 Å². The first-order chi connectivity index (χ1) is 13.5. The summed E-state index contributed by atoms with van der Waals surface area (Å²) in [7, 11) is 0. The number of amides is 1. The minimum Gasteiger partial charge on any atom is -0.348 e. The Morgan fingerprint density at radius 3 is 2.57 bits per heavy atom. The van der Waals surface area contributed by atoms with Crippen LogP contribution in [0.2, 0.25) is 0 Å². The molecule has 7 nitrogen and oxygen atoms in total. The number of nitrogens with one attached hydrogen (secondary N) is 3. The fourth-order valence-electron chi connectivity index (χ4n) is 3.41. The summed E-state index contributed by atoms with van der Waals surface area (Å²) in [4.78, 5) is 16.2. The van der Waals surface area contributed by atoms with E-state index in [-0.39, 0.29) is 18.0 Å². The third-order valence-corrected chi connectivity index (χ3v) is 5.00. The van der Waals surface area contributed by atoms with E-state index < -0.39 is 0 Å². The second kappa shape index (κ2) is 9.30. The molecule has 2 aromatic rings. The maximum absolute atomic E-state index is 11.7. The second-order valence-corrected chi connectivity index (χ2v) is 7.42. The maximum Gasteiger partial charge on any atom is 0.244 e. The Kier molecular flexibility index (Phi) is 6.57. The summed E-state index contributed by atoms with van der Waals surface area (Å²) in [5, 5.41) is 17.8. The van der Waals surface area contributed by atoms with Crippen molar-refractivity contribution in [2.24, 2.45) is 0 Å². The lowest BCUT2D eigenvalue weighted by molar-refractivity contribution is -0.117. The van der Waals surface area contributed by atoms with Gasteiger partial charge >= 0.3 is 0 Å². The molecule has 28 heavy (non-hydrogen) atoms. The molecule has 1 amide bonds. The van der Waals surface area contributed by atoms with Gasteiger partial charge in [0.15, 0.2) is 5.82 Å². The molecule has 1 aliphatic carbocycles. The average Bonchev–Trinajstić information content (AvgIpc) is 2.70. The van der Waals surface area contributed by atoms with Gasteiger partial charge in [-0.2, -0.15) is 10.1 Å². The number of aromatic nitrogens is 3. The molecule has 1 aromatic heterocycles. The van der Waals surface area contributed by atoms with E-state index in [0.29, 0.717) is 17.7 Å². The highest BCUT2D eigenvalue weighted by Gasteiger charge is 2.26. The Morgan fingerprint density at radius 2 is 1.89 bits per heavy atom. The van der Waals surface area contributed by atoms with Gasteiger partial charge in [0.1, 0.15) is 0 Å². The zero-order chi connectivity index (χ0) is 19.9. The van der Waals surface area contributed by atoms with Crippen LogP contribution in [0.4, 0.5) is 17.5 Å². The van der Waals surface area contributed by atoms with Gasteiger partial charge in [0.2, 0.25) is 11.9 Å². The van der Waals surface area contributed by atoms with Crippen LogP contribution in [0.15, 0.2) is 43.1 Å². The van der Waals surface area contributed by atoms with Crippen LogP contribution in [0.3, 0.4) is 0 Å². The molecular formula is C21H28N6O. The molecule has 2 atom stereocenters. The van der Waals surface area contributed by atoms with Crippen molar-refractivity contribution in [1.82, 2.24) is 20.5 Å². The van der Waals surface area contributed by atoms with Crippen molar-refractivity contribution in [1.29, 1.82) is 0 Å². The lowest BCUT2D eigenvalue weighted by Crippen LogP contribution is -2.48. The van der Waals surface area contributed by atoms with E-state index >= 15 is 0 Å². The van der Waals surface area contributed by atoms with Crippen molar-refractivity contribution >= 4 is 23.4 Å². The summed E-state index contributed by atoms with van der Waals surface area (Å²) in [6.45, 7) is 7.87. The van der Waals surface area contributed by atoms with E-state index in [1.54, 1.807) is 6.20 Å². The second-order valence-electron chi connectivity index (χ2n) is 7.42. The van der Waals surface area contributed by atoms with E-state index in [2.05, 4.69) is 63.7 Å². The summed E-state index contributed by atoms with van der Waals surface area (Å²) in [5.41, 5.74) is 2.24. The zero-order valence-corrected chi connectivity index (χ0v) is 16.5. The number of hydrogen-bond donors (Lipinski definition) is 3. The lowest BCUT2D eigenvalue weighted by atomic mass is 9.90. The predicted molar refractivity (Wildman–Crippen MR) is 112 cm³/mol. The average molecular weight is 380 g/mol. The summed E-state index contributed by atoms with van der Waals surface area (Å²) < 4.78 is 0. The Labute approximate surface area is 166 Å². The van der Waals surface area contributed by atoms with E-state index in [0.717, 1.165) is 31.4 Å². The third kappa shape index (κ3) is 5.28. The molecule has 0 aliphatic heterocycles. The largest absolute Gasteiger partial charge is 0.348 e. The molecule has 1 heterocycles. The molecule has 1 saturated carbocycles. The van der Waals surface area contributed by atoms with Crippen molar-refractivity contribution in [2.75, 3.05) is 10.6 Å².